The van der Waals surface area contributed by atoms with Crippen molar-refractivity contribution in [3.63, 3.8) is 0 Å². The summed E-state index contributed by atoms with van der Waals surface area (Å²) >= 11 is 0. The molecule has 0 N–H and O–H groups in total. The largest absolute Gasteiger partial charge is 0.456 e. The number of aromatic nitrogens is 1. The van der Waals surface area contributed by atoms with E-state index in [1.54, 1.807) is 0 Å². The monoisotopic (exact) mass is 629 g/mol. The molecular formula is C44H43N3O. The molecule has 4 heteroatoms. The van der Waals surface area contributed by atoms with Gasteiger partial charge in [-0.15, -0.1) is 0 Å². The second kappa shape index (κ2) is 12.1. The Morgan fingerprint density at radius 2 is 1.79 bits per heavy atom. The van der Waals surface area contributed by atoms with Gasteiger partial charge in [0, 0.05) is 69.6 Å². The van der Waals surface area contributed by atoms with Gasteiger partial charge in [0.05, 0.1) is 11.4 Å². The maximum atomic E-state index is 7.19. The molecule has 240 valence electrons. The summed E-state index contributed by atoms with van der Waals surface area (Å²) in [6, 6.07) is 18.3. The Labute approximate surface area is 284 Å². The molecule has 3 aliphatic carbocycles. The van der Waals surface area contributed by atoms with Gasteiger partial charge in [0.25, 0.3) is 0 Å². The molecule has 2 aromatic carbocycles. The minimum absolute atomic E-state index is 0.266. The summed E-state index contributed by atoms with van der Waals surface area (Å²) in [5.74, 6) is 2.75. The van der Waals surface area contributed by atoms with Gasteiger partial charge < -0.3 is 9.32 Å². The van der Waals surface area contributed by atoms with E-state index in [-0.39, 0.29) is 5.92 Å². The van der Waals surface area contributed by atoms with Crippen molar-refractivity contribution in [1.29, 1.82) is 0 Å². The predicted octanol–water partition coefficient (Wildman–Crippen LogP) is 11.6. The second-order valence-corrected chi connectivity index (χ2v) is 14.4. The van der Waals surface area contributed by atoms with Gasteiger partial charge in [0.2, 0.25) is 0 Å². The first-order chi connectivity index (χ1) is 23.6. The molecule has 0 radical (unpaired) electrons. The van der Waals surface area contributed by atoms with Crippen molar-refractivity contribution in [2.45, 2.75) is 76.7 Å². The Balaban J connectivity index is 1.25. The third-order valence-electron chi connectivity index (χ3n) is 11.2. The summed E-state index contributed by atoms with van der Waals surface area (Å²) in [7, 11) is 0. The fourth-order valence-corrected chi connectivity index (χ4v) is 8.80. The number of aliphatic imine (C=N–C) groups is 1. The zero-order valence-electron chi connectivity index (χ0n) is 28.0. The molecular weight excluding hydrogens is 587 g/mol. The highest BCUT2D eigenvalue weighted by molar-refractivity contribution is 6.05. The maximum Gasteiger partial charge on any atom is 0.141 e. The summed E-state index contributed by atoms with van der Waals surface area (Å²) in [5.41, 5.74) is 12.1. The molecule has 0 fully saturated rings. The highest BCUT2D eigenvalue weighted by Gasteiger charge is 2.42. The van der Waals surface area contributed by atoms with E-state index >= 15 is 0 Å². The first-order valence-corrected chi connectivity index (χ1v) is 18.0. The third-order valence-corrected chi connectivity index (χ3v) is 11.2. The lowest BCUT2D eigenvalue weighted by atomic mass is 9.81. The SMILES string of the molecule is CC1C=CC(c2c(C3=CC=CCC3)oc3c4c(ccc23)N(c2cc(C3=NC=CCC3C)cc(-c3ccccn3)c2)C2CCC=CC42)CC1. The molecule has 0 saturated carbocycles. The number of anilines is 2. The van der Waals surface area contributed by atoms with Crippen LogP contribution < -0.4 is 4.90 Å². The number of nitrogens with zero attached hydrogens (tertiary/aromatic N) is 3. The molecule has 4 aromatic rings. The van der Waals surface area contributed by atoms with Crippen molar-refractivity contribution in [3.8, 4) is 11.3 Å². The van der Waals surface area contributed by atoms with Crippen LogP contribution in [-0.4, -0.2) is 16.7 Å². The van der Waals surface area contributed by atoms with E-state index in [1.165, 1.54) is 45.4 Å². The van der Waals surface area contributed by atoms with Crippen molar-refractivity contribution < 1.29 is 4.42 Å². The topological polar surface area (TPSA) is 41.6 Å². The molecule has 0 spiro atoms. The van der Waals surface area contributed by atoms with Gasteiger partial charge in [0.15, 0.2) is 0 Å². The van der Waals surface area contributed by atoms with Crippen LogP contribution in [0.3, 0.4) is 0 Å². The number of allylic oxidation sites excluding steroid dienone is 8. The van der Waals surface area contributed by atoms with E-state index in [1.807, 2.05) is 18.5 Å². The molecule has 4 nitrogen and oxygen atoms in total. The van der Waals surface area contributed by atoms with Crippen molar-refractivity contribution in [2.75, 3.05) is 4.90 Å². The van der Waals surface area contributed by atoms with E-state index in [4.69, 9.17) is 14.4 Å². The van der Waals surface area contributed by atoms with Crippen LogP contribution in [0.2, 0.25) is 0 Å². The molecule has 5 unspecified atom stereocenters. The first-order valence-electron chi connectivity index (χ1n) is 18.0. The van der Waals surface area contributed by atoms with Crippen molar-refractivity contribution in [3.05, 3.63) is 132 Å². The number of fused-ring (bicyclic) bond motifs is 5. The van der Waals surface area contributed by atoms with Crippen LogP contribution in [0.25, 0.3) is 27.8 Å². The number of benzene rings is 2. The Kier molecular flexibility index (Phi) is 7.41. The van der Waals surface area contributed by atoms with Gasteiger partial charge in [-0.05, 0) is 104 Å². The van der Waals surface area contributed by atoms with Gasteiger partial charge >= 0.3 is 0 Å². The van der Waals surface area contributed by atoms with Crippen LogP contribution in [-0.2, 0) is 0 Å². The van der Waals surface area contributed by atoms with Crippen LogP contribution in [0.4, 0.5) is 11.4 Å². The van der Waals surface area contributed by atoms with Gasteiger partial charge in [-0.1, -0.05) is 68.5 Å². The Hall–Kier alpha value is -4.70. The number of hydrogen-bond acceptors (Lipinski definition) is 4. The Morgan fingerprint density at radius 3 is 2.60 bits per heavy atom. The Bertz CT molecular complexity index is 2070. The zero-order chi connectivity index (χ0) is 32.2. The van der Waals surface area contributed by atoms with E-state index in [9.17, 15) is 0 Å². The lowest BCUT2D eigenvalue weighted by molar-refractivity contribution is 0.531. The van der Waals surface area contributed by atoms with E-state index in [2.05, 4.69) is 110 Å². The van der Waals surface area contributed by atoms with Gasteiger partial charge in [-0.3, -0.25) is 9.98 Å². The minimum Gasteiger partial charge on any atom is -0.456 e. The molecule has 9 rings (SSSR count). The van der Waals surface area contributed by atoms with Crippen LogP contribution in [0.5, 0.6) is 0 Å². The van der Waals surface area contributed by atoms with Crippen molar-refractivity contribution >= 4 is 33.6 Å². The number of pyridine rings is 1. The first kappa shape index (κ1) is 29.4. The fraction of sp³-hybridized carbons (Fsp3) is 0.318. The minimum atomic E-state index is 0.266. The van der Waals surface area contributed by atoms with E-state index in [0.29, 0.717) is 23.8 Å². The normalized spacial score (nSPS) is 26.0. The Morgan fingerprint density at radius 1 is 0.854 bits per heavy atom. The van der Waals surface area contributed by atoms with Crippen LogP contribution in [0.1, 0.15) is 93.1 Å². The lowest BCUT2D eigenvalue weighted by Crippen LogP contribution is -2.31. The predicted molar refractivity (Wildman–Crippen MR) is 199 cm³/mol. The third kappa shape index (κ3) is 4.96. The van der Waals surface area contributed by atoms with Crippen molar-refractivity contribution in [1.82, 2.24) is 4.98 Å². The zero-order valence-corrected chi connectivity index (χ0v) is 28.0. The van der Waals surface area contributed by atoms with Crippen LogP contribution in [0, 0.1) is 11.8 Å². The standard InChI is InChI=1S/C44H43N3O/c1-28-17-19-30(20-18-28)40-36-21-22-39-41(44(36)48-43(40)31-12-4-3-5-13-31)35-14-6-7-16-38(35)47(39)34-26-32(37-15-8-9-23-45-37)25-33(27-34)42-29(2)11-10-24-46-42/h3-4,6,8-10,12,14-15,17,19,21-30,35,38H,5,7,11,13,16,18,20H2,1-2H3. The molecule has 0 bridgehead atoms. The van der Waals surface area contributed by atoms with Crippen LogP contribution >= 0.6 is 0 Å². The quantitative estimate of drug-likeness (QED) is 0.206. The average molecular weight is 630 g/mol. The number of furan rings is 1. The lowest BCUT2D eigenvalue weighted by Gasteiger charge is -2.32. The van der Waals surface area contributed by atoms with Gasteiger partial charge in [0.1, 0.15) is 11.3 Å². The summed E-state index contributed by atoms with van der Waals surface area (Å²) in [5, 5.41) is 1.29. The number of hydrogen-bond donors (Lipinski definition) is 0. The molecule has 0 saturated heterocycles. The highest BCUT2D eigenvalue weighted by atomic mass is 16.3. The smallest absolute Gasteiger partial charge is 0.141 e. The van der Waals surface area contributed by atoms with E-state index in [0.717, 1.165) is 66.8 Å². The van der Waals surface area contributed by atoms with Crippen molar-refractivity contribution in [2.24, 2.45) is 16.8 Å². The fourth-order valence-electron chi connectivity index (χ4n) is 8.80. The molecule has 5 aliphatic rings. The average Bonchev–Trinajstić information content (AvgIpc) is 3.69. The molecule has 48 heavy (non-hydrogen) atoms. The maximum absolute atomic E-state index is 7.19. The highest BCUT2D eigenvalue weighted by Crippen LogP contribution is 2.54. The second-order valence-electron chi connectivity index (χ2n) is 14.4. The molecule has 2 aromatic heterocycles. The van der Waals surface area contributed by atoms with E-state index < -0.39 is 0 Å². The van der Waals surface area contributed by atoms with Crippen LogP contribution in [0.15, 0.2) is 119 Å². The summed E-state index contributed by atoms with van der Waals surface area (Å²) in [6.45, 7) is 4.62. The summed E-state index contributed by atoms with van der Waals surface area (Å²) in [6.07, 6.45) is 30.2. The molecule has 2 aliphatic heterocycles. The summed E-state index contributed by atoms with van der Waals surface area (Å²) < 4.78 is 7.19. The molecule has 5 atom stereocenters. The molecule has 0 amide bonds. The number of rotatable bonds is 5. The summed E-state index contributed by atoms with van der Waals surface area (Å²) in [4.78, 5) is 12.3. The van der Waals surface area contributed by atoms with Gasteiger partial charge in [-0.2, -0.15) is 0 Å². The van der Waals surface area contributed by atoms with Gasteiger partial charge in [-0.25, -0.2) is 0 Å². The molecule has 4 heterocycles.